The zero-order valence-corrected chi connectivity index (χ0v) is 10.5. The lowest BCUT2D eigenvalue weighted by atomic mass is 10.1. The number of benzene rings is 1. The van der Waals surface area contributed by atoms with Crippen molar-refractivity contribution in [3.05, 3.63) is 40.9 Å². The molecule has 1 atom stereocenters. The standard InChI is InChI=1S/C13H13ClFN3/c14-12-11-6-5-10(16)7-18(11)13(17-12)8-1-3-9(15)4-2-8/h1-4,10H,5-7,16H2. The van der Waals surface area contributed by atoms with E-state index >= 15 is 0 Å². The molecule has 94 valence electrons. The molecule has 0 radical (unpaired) electrons. The fraction of sp³-hybridized carbons (Fsp3) is 0.308. The summed E-state index contributed by atoms with van der Waals surface area (Å²) in [5.74, 6) is 0.511. The minimum Gasteiger partial charge on any atom is -0.326 e. The Labute approximate surface area is 109 Å². The van der Waals surface area contributed by atoms with Crippen LogP contribution in [-0.4, -0.2) is 15.6 Å². The van der Waals surface area contributed by atoms with Gasteiger partial charge in [0.1, 0.15) is 11.6 Å². The zero-order chi connectivity index (χ0) is 12.7. The number of imidazole rings is 1. The summed E-state index contributed by atoms with van der Waals surface area (Å²) in [6.07, 6.45) is 1.77. The molecular formula is C13H13ClFN3. The average molecular weight is 266 g/mol. The van der Waals surface area contributed by atoms with Crippen LogP contribution in [0.5, 0.6) is 0 Å². The molecule has 2 N–H and O–H groups in total. The smallest absolute Gasteiger partial charge is 0.150 e. The third-order valence-electron chi connectivity index (χ3n) is 3.30. The van der Waals surface area contributed by atoms with Crippen LogP contribution in [0.3, 0.4) is 0 Å². The molecule has 0 amide bonds. The Morgan fingerprint density at radius 2 is 2.06 bits per heavy atom. The fourth-order valence-electron chi connectivity index (χ4n) is 2.36. The first-order valence-corrected chi connectivity index (χ1v) is 6.29. The van der Waals surface area contributed by atoms with Crippen molar-refractivity contribution in [2.24, 2.45) is 5.73 Å². The highest BCUT2D eigenvalue weighted by Gasteiger charge is 2.23. The molecule has 18 heavy (non-hydrogen) atoms. The Morgan fingerprint density at radius 1 is 1.33 bits per heavy atom. The van der Waals surface area contributed by atoms with Crippen LogP contribution >= 0.6 is 11.6 Å². The second-order valence-corrected chi connectivity index (χ2v) is 4.95. The second kappa shape index (κ2) is 4.37. The van der Waals surface area contributed by atoms with Gasteiger partial charge < -0.3 is 10.3 Å². The Bertz CT molecular complexity index is 577. The van der Waals surface area contributed by atoms with Crippen molar-refractivity contribution in [1.82, 2.24) is 9.55 Å². The van der Waals surface area contributed by atoms with Crippen molar-refractivity contribution in [2.45, 2.75) is 25.4 Å². The molecule has 1 aromatic heterocycles. The number of hydrogen-bond donors (Lipinski definition) is 1. The minimum absolute atomic E-state index is 0.127. The highest BCUT2D eigenvalue weighted by Crippen LogP contribution is 2.29. The Kier molecular flexibility index (Phi) is 2.84. The highest BCUT2D eigenvalue weighted by molar-refractivity contribution is 6.30. The van der Waals surface area contributed by atoms with E-state index in [-0.39, 0.29) is 11.9 Å². The fourth-order valence-corrected chi connectivity index (χ4v) is 2.64. The van der Waals surface area contributed by atoms with Crippen molar-refractivity contribution in [2.75, 3.05) is 0 Å². The van der Waals surface area contributed by atoms with Gasteiger partial charge in [0.05, 0.1) is 5.69 Å². The van der Waals surface area contributed by atoms with E-state index in [1.165, 1.54) is 12.1 Å². The van der Waals surface area contributed by atoms with E-state index < -0.39 is 0 Å². The van der Waals surface area contributed by atoms with Gasteiger partial charge in [0.25, 0.3) is 0 Å². The molecule has 3 nitrogen and oxygen atoms in total. The number of fused-ring (bicyclic) bond motifs is 1. The molecule has 0 saturated carbocycles. The molecule has 1 aliphatic heterocycles. The van der Waals surface area contributed by atoms with Gasteiger partial charge in [-0.05, 0) is 37.1 Å². The maximum Gasteiger partial charge on any atom is 0.150 e. The molecule has 3 rings (SSSR count). The predicted octanol–water partition coefficient (Wildman–Crippen LogP) is 2.62. The number of aromatic nitrogens is 2. The van der Waals surface area contributed by atoms with Gasteiger partial charge in [0, 0.05) is 18.2 Å². The van der Waals surface area contributed by atoms with Crippen LogP contribution in [-0.2, 0) is 13.0 Å². The molecule has 5 heteroatoms. The van der Waals surface area contributed by atoms with E-state index in [2.05, 4.69) is 4.98 Å². The van der Waals surface area contributed by atoms with E-state index in [0.29, 0.717) is 11.7 Å². The van der Waals surface area contributed by atoms with Gasteiger partial charge in [-0.3, -0.25) is 0 Å². The lowest BCUT2D eigenvalue weighted by molar-refractivity contribution is 0.464. The summed E-state index contributed by atoms with van der Waals surface area (Å²) in [6, 6.07) is 6.39. The molecule has 1 aliphatic rings. The number of nitrogens with zero attached hydrogens (tertiary/aromatic N) is 2. The van der Waals surface area contributed by atoms with Crippen molar-refractivity contribution >= 4 is 11.6 Å². The van der Waals surface area contributed by atoms with Crippen LogP contribution < -0.4 is 5.73 Å². The van der Waals surface area contributed by atoms with Crippen molar-refractivity contribution < 1.29 is 4.39 Å². The summed E-state index contributed by atoms with van der Waals surface area (Å²) in [4.78, 5) is 4.38. The van der Waals surface area contributed by atoms with Crippen molar-refractivity contribution in [1.29, 1.82) is 0 Å². The molecule has 0 spiro atoms. The third kappa shape index (κ3) is 1.91. The first-order chi connectivity index (χ1) is 8.65. The molecule has 0 saturated heterocycles. The monoisotopic (exact) mass is 265 g/mol. The third-order valence-corrected chi connectivity index (χ3v) is 3.60. The van der Waals surface area contributed by atoms with Crippen LogP contribution in [0, 0.1) is 5.82 Å². The first-order valence-electron chi connectivity index (χ1n) is 5.91. The van der Waals surface area contributed by atoms with Crippen LogP contribution in [0.1, 0.15) is 12.1 Å². The molecule has 0 bridgehead atoms. The molecule has 2 aromatic rings. The SMILES string of the molecule is NC1CCc2c(Cl)nc(-c3ccc(F)cc3)n2C1. The lowest BCUT2D eigenvalue weighted by Crippen LogP contribution is -2.32. The van der Waals surface area contributed by atoms with Crippen LogP contribution in [0.15, 0.2) is 24.3 Å². The van der Waals surface area contributed by atoms with Crippen LogP contribution in [0.2, 0.25) is 5.15 Å². The highest BCUT2D eigenvalue weighted by atomic mass is 35.5. The molecule has 1 unspecified atom stereocenters. The Balaban J connectivity index is 2.10. The second-order valence-electron chi connectivity index (χ2n) is 4.59. The van der Waals surface area contributed by atoms with E-state index in [1.807, 2.05) is 4.57 Å². The largest absolute Gasteiger partial charge is 0.326 e. The molecule has 2 heterocycles. The summed E-state index contributed by atoms with van der Waals surface area (Å²) in [6.45, 7) is 0.710. The summed E-state index contributed by atoms with van der Waals surface area (Å²) >= 11 is 6.14. The normalized spacial score (nSPS) is 18.7. The quantitative estimate of drug-likeness (QED) is 0.861. The Morgan fingerprint density at radius 3 is 2.78 bits per heavy atom. The lowest BCUT2D eigenvalue weighted by Gasteiger charge is -2.22. The van der Waals surface area contributed by atoms with Gasteiger partial charge in [-0.25, -0.2) is 9.37 Å². The maximum absolute atomic E-state index is 12.9. The van der Waals surface area contributed by atoms with Gasteiger partial charge in [0.2, 0.25) is 0 Å². The van der Waals surface area contributed by atoms with E-state index in [4.69, 9.17) is 17.3 Å². The summed E-state index contributed by atoms with van der Waals surface area (Å²) in [7, 11) is 0. The number of hydrogen-bond acceptors (Lipinski definition) is 2. The maximum atomic E-state index is 12.9. The van der Waals surface area contributed by atoms with E-state index in [1.54, 1.807) is 12.1 Å². The van der Waals surface area contributed by atoms with Gasteiger partial charge in [-0.2, -0.15) is 0 Å². The summed E-state index contributed by atoms with van der Waals surface area (Å²) in [5, 5.41) is 0.529. The van der Waals surface area contributed by atoms with Crippen molar-refractivity contribution in [3.8, 4) is 11.4 Å². The number of rotatable bonds is 1. The Hall–Kier alpha value is -1.39. The zero-order valence-electron chi connectivity index (χ0n) is 9.74. The van der Waals surface area contributed by atoms with Gasteiger partial charge in [0.15, 0.2) is 5.15 Å². The van der Waals surface area contributed by atoms with E-state index in [0.717, 1.165) is 29.9 Å². The summed E-state index contributed by atoms with van der Waals surface area (Å²) in [5.41, 5.74) is 7.86. The molecule has 1 aromatic carbocycles. The van der Waals surface area contributed by atoms with Crippen LogP contribution in [0.25, 0.3) is 11.4 Å². The van der Waals surface area contributed by atoms with Gasteiger partial charge in [-0.15, -0.1) is 0 Å². The topological polar surface area (TPSA) is 43.8 Å². The minimum atomic E-state index is -0.257. The predicted molar refractivity (Wildman–Crippen MR) is 68.9 cm³/mol. The molecule has 0 fully saturated rings. The average Bonchev–Trinajstić information content (AvgIpc) is 2.67. The number of nitrogens with two attached hydrogens (primary N) is 1. The van der Waals surface area contributed by atoms with Gasteiger partial charge >= 0.3 is 0 Å². The van der Waals surface area contributed by atoms with Gasteiger partial charge in [-0.1, -0.05) is 11.6 Å². The molecular weight excluding hydrogens is 253 g/mol. The first kappa shape index (κ1) is 11.7. The molecule has 0 aliphatic carbocycles. The van der Waals surface area contributed by atoms with E-state index in [9.17, 15) is 4.39 Å². The number of halogens is 2. The summed E-state index contributed by atoms with van der Waals surface area (Å²) < 4.78 is 15.0. The van der Waals surface area contributed by atoms with Crippen LogP contribution in [0.4, 0.5) is 4.39 Å². The van der Waals surface area contributed by atoms with Crippen molar-refractivity contribution in [3.63, 3.8) is 0 Å².